The fourth-order valence-corrected chi connectivity index (χ4v) is 4.04. The van der Waals surface area contributed by atoms with Gasteiger partial charge in [0.2, 0.25) is 0 Å². The van der Waals surface area contributed by atoms with Crippen molar-refractivity contribution < 1.29 is 0 Å². The van der Waals surface area contributed by atoms with Gasteiger partial charge in [-0.25, -0.2) is 0 Å². The molecule has 1 aliphatic carbocycles. The summed E-state index contributed by atoms with van der Waals surface area (Å²) in [4.78, 5) is 2.62. The summed E-state index contributed by atoms with van der Waals surface area (Å²) in [7, 11) is 0. The van der Waals surface area contributed by atoms with Gasteiger partial charge in [-0.05, 0) is 54.7 Å². The van der Waals surface area contributed by atoms with E-state index >= 15 is 0 Å². The van der Waals surface area contributed by atoms with Crippen LogP contribution in [0.2, 0.25) is 0 Å². The van der Waals surface area contributed by atoms with E-state index in [9.17, 15) is 0 Å². The average molecular weight is 389 g/mol. The Bertz CT molecular complexity index is 213. The highest BCUT2D eigenvalue weighted by Crippen LogP contribution is 2.38. The fraction of sp³-hybridized carbons (Fsp3) is 0.778. The number of alkyl halides is 1. The van der Waals surface area contributed by atoms with Gasteiger partial charge in [0, 0.05) is 15.8 Å². The fourth-order valence-electron chi connectivity index (χ4n) is 2.02. The van der Waals surface area contributed by atoms with Gasteiger partial charge in [-0.15, -0.1) is 0 Å². The van der Waals surface area contributed by atoms with Gasteiger partial charge in [-0.2, -0.15) is 0 Å². The lowest BCUT2D eigenvalue weighted by Crippen LogP contribution is -2.23. The summed E-state index contributed by atoms with van der Waals surface area (Å²) in [6.07, 6.45) is 6.82. The zero-order chi connectivity index (χ0) is 8.55. The van der Waals surface area contributed by atoms with Crippen LogP contribution >= 0.6 is 45.2 Å². The van der Waals surface area contributed by atoms with E-state index in [1.54, 1.807) is 9.28 Å². The van der Waals surface area contributed by atoms with Crippen molar-refractivity contribution in [2.24, 2.45) is 0 Å². The van der Waals surface area contributed by atoms with Gasteiger partial charge in [-0.1, -0.05) is 22.6 Å². The van der Waals surface area contributed by atoms with Gasteiger partial charge < -0.3 is 4.90 Å². The highest BCUT2D eigenvalue weighted by atomic mass is 127. The molecule has 0 spiro atoms. The van der Waals surface area contributed by atoms with E-state index in [4.69, 9.17) is 0 Å². The van der Waals surface area contributed by atoms with Crippen LogP contribution in [0.15, 0.2) is 9.28 Å². The SMILES string of the molecule is IC1=C(N2CCCC2I)CCC1. The maximum atomic E-state index is 2.62. The van der Waals surface area contributed by atoms with E-state index in [2.05, 4.69) is 50.1 Å². The minimum Gasteiger partial charge on any atom is -0.362 e. The van der Waals surface area contributed by atoms with Crippen LogP contribution in [-0.2, 0) is 0 Å². The van der Waals surface area contributed by atoms with Crippen molar-refractivity contribution >= 4 is 45.2 Å². The van der Waals surface area contributed by atoms with Gasteiger partial charge in [-0.3, -0.25) is 0 Å². The molecular weight excluding hydrogens is 376 g/mol. The summed E-state index contributed by atoms with van der Waals surface area (Å²) in [6, 6.07) is 0. The molecule has 0 bridgehead atoms. The van der Waals surface area contributed by atoms with Crippen molar-refractivity contribution in [3.05, 3.63) is 9.28 Å². The molecule has 1 aliphatic heterocycles. The van der Waals surface area contributed by atoms with E-state index in [0.717, 1.165) is 4.05 Å². The van der Waals surface area contributed by atoms with Gasteiger partial charge in [0.05, 0.1) is 4.05 Å². The lowest BCUT2D eigenvalue weighted by molar-refractivity contribution is 0.401. The zero-order valence-electron chi connectivity index (χ0n) is 7.02. The smallest absolute Gasteiger partial charge is 0.0807 e. The van der Waals surface area contributed by atoms with E-state index in [1.165, 1.54) is 38.6 Å². The Balaban J connectivity index is 2.12. The van der Waals surface area contributed by atoms with Crippen molar-refractivity contribution in [2.45, 2.75) is 36.2 Å². The van der Waals surface area contributed by atoms with Crippen LogP contribution in [0.1, 0.15) is 32.1 Å². The van der Waals surface area contributed by atoms with E-state index in [-0.39, 0.29) is 0 Å². The molecule has 1 heterocycles. The van der Waals surface area contributed by atoms with Crippen molar-refractivity contribution in [3.63, 3.8) is 0 Å². The summed E-state index contributed by atoms with van der Waals surface area (Å²) >= 11 is 5.11. The lowest BCUT2D eigenvalue weighted by Gasteiger charge is -2.24. The first-order valence-electron chi connectivity index (χ1n) is 4.57. The molecule has 3 heteroatoms. The maximum Gasteiger partial charge on any atom is 0.0807 e. The Labute approximate surface area is 101 Å². The molecule has 0 N–H and O–H groups in total. The minimum atomic E-state index is 0.778. The second-order valence-corrected chi connectivity index (χ2v) is 6.22. The standard InChI is InChI=1S/C9H13I2N/c10-7-3-1-4-8(7)12-6-2-5-9(12)11/h9H,1-6H2. The molecule has 2 rings (SSSR count). The largest absolute Gasteiger partial charge is 0.362 e. The second-order valence-electron chi connectivity index (χ2n) is 3.48. The minimum absolute atomic E-state index is 0.778. The van der Waals surface area contributed by atoms with Gasteiger partial charge in [0.1, 0.15) is 0 Å². The maximum absolute atomic E-state index is 2.62. The van der Waals surface area contributed by atoms with Crippen LogP contribution in [0.4, 0.5) is 0 Å². The van der Waals surface area contributed by atoms with Crippen molar-refractivity contribution in [1.29, 1.82) is 0 Å². The van der Waals surface area contributed by atoms with Crippen LogP contribution in [0.3, 0.4) is 0 Å². The van der Waals surface area contributed by atoms with E-state index in [0.29, 0.717) is 0 Å². The Hall–Kier alpha value is 1.00. The van der Waals surface area contributed by atoms with Crippen LogP contribution < -0.4 is 0 Å². The van der Waals surface area contributed by atoms with E-state index in [1.807, 2.05) is 0 Å². The summed E-state index contributed by atoms with van der Waals surface area (Å²) < 4.78 is 2.40. The van der Waals surface area contributed by atoms with Crippen molar-refractivity contribution in [2.75, 3.05) is 6.54 Å². The molecule has 1 fully saturated rings. The third-order valence-electron chi connectivity index (χ3n) is 2.65. The summed E-state index contributed by atoms with van der Waals surface area (Å²) in [5.41, 5.74) is 1.66. The van der Waals surface area contributed by atoms with Crippen molar-refractivity contribution in [1.82, 2.24) is 4.90 Å². The molecule has 1 nitrogen and oxygen atoms in total. The highest BCUT2D eigenvalue weighted by molar-refractivity contribution is 14.1. The van der Waals surface area contributed by atoms with Crippen LogP contribution in [-0.4, -0.2) is 15.5 Å². The summed E-state index contributed by atoms with van der Waals surface area (Å²) in [5.74, 6) is 0. The molecule has 1 saturated heterocycles. The Morgan fingerprint density at radius 3 is 2.58 bits per heavy atom. The van der Waals surface area contributed by atoms with Crippen LogP contribution in [0.25, 0.3) is 0 Å². The number of nitrogens with zero attached hydrogens (tertiary/aromatic N) is 1. The normalized spacial score (nSPS) is 30.5. The molecule has 0 radical (unpaired) electrons. The average Bonchev–Trinajstić information content (AvgIpc) is 2.59. The highest BCUT2D eigenvalue weighted by Gasteiger charge is 2.27. The molecule has 0 aromatic rings. The first-order valence-corrected chi connectivity index (χ1v) is 6.89. The Morgan fingerprint density at radius 1 is 1.25 bits per heavy atom. The summed E-state index contributed by atoms with van der Waals surface area (Å²) in [6.45, 7) is 1.30. The Kier molecular flexibility index (Phi) is 3.20. The third-order valence-corrected chi connectivity index (χ3v) is 5.11. The third kappa shape index (κ3) is 1.76. The van der Waals surface area contributed by atoms with Gasteiger partial charge in [0.15, 0.2) is 0 Å². The lowest BCUT2D eigenvalue weighted by atomic mass is 10.3. The van der Waals surface area contributed by atoms with Gasteiger partial charge in [0.25, 0.3) is 0 Å². The first kappa shape index (κ1) is 9.55. The van der Waals surface area contributed by atoms with Crippen LogP contribution in [0.5, 0.6) is 0 Å². The zero-order valence-corrected chi connectivity index (χ0v) is 11.3. The second kappa shape index (κ2) is 4.02. The molecular formula is C9H13I2N. The van der Waals surface area contributed by atoms with E-state index < -0.39 is 0 Å². The Morgan fingerprint density at radius 2 is 2.08 bits per heavy atom. The molecule has 68 valence electrons. The predicted molar refractivity (Wildman–Crippen MR) is 68.6 cm³/mol. The molecule has 12 heavy (non-hydrogen) atoms. The predicted octanol–water partition coefficient (Wildman–Crippen LogP) is 3.67. The molecule has 0 saturated carbocycles. The number of rotatable bonds is 1. The van der Waals surface area contributed by atoms with Gasteiger partial charge >= 0.3 is 0 Å². The molecule has 1 atom stereocenters. The molecule has 0 aromatic carbocycles. The molecule has 2 aliphatic rings. The molecule has 1 unspecified atom stereocenters. The molecule has 0 aromatic heterocycles. The summed E-state index contributed by atoms with van der Waals surface area (Å²) in [5, 5.41) is 0. The number of allylic oxidation sites excluding steroid dienone is 2. The number of likely N-dealkylation sites (tertiary alicyclic amines) is 1. The molecule has 0 amide bonds. The van der Waals surface area contributed by atoms with Crippen LogP contribution in [0, 0.1) is 0 Å². The number of hydrogen-bond acceptors (Lipinski definition) is 1. The quantitative estimate of drug-likeness (QED) is 0.376. The monoisotopic (exact) mass is 389 g/mol. The number of halogens is 2. The number of hydrogen-bond donors (Lipinski definition) is 0. The topological polar surface area (TPSA) is 3.24 Å². The van der Waals surface area contributed by atoms with Crippen molar-refractivity contribution in [3.8, 4) is 0 Å². The first-order chi connectivity index (χ1) is 5.79.